The van der Waals surface area contributed by atoms with E-state index in [0.29, 0.717) is 11.7 Å². The number of hydrogen-bond donors (Lipinski definition) is 2. The molecule has 6 heteroatoms. The third kappa shape index (κ3) is 2.44. The maximum atomic E-state index is 6.03. The zero-order valence-electron chi connectivity index (χ0n) is 12.3. The van der Waals surface area contributed by atoms with E-state index in [1.165, 1.54) is 0 Å². The van der Waals surface area contributed by atoms with Crippen molar-refractivity contribution in [3.8, 4) is 5.69 Å². The minimum Gasteiger partial charge on any atom is -0.383 e. The van der Waals surface area contributed by atoms with Crippen molar-refractivity contribution in [1.29, 1.82) is 0 Å². The van der Waals surface area contributed by atoms with Crippen molar-refractivity contribution in [2.24, 2.45) is 5.92 Å². The molecule has 0 saturated carbocycles. The van der Waals surface area contributed by atoms with E-state index in [1.807, 2.05) is 16.8 Å². The molecular weight excluding hydrogens is 330 g/mol. The van der Waals surface area contributed by atoms with Crippen molar-refractivity contribution in [2.75, 3.05) is 5.73 Å². The number of nitrogen functional groups attached to an aromatic ring is 1. The highest BCUT2D eigenvalue weighted by Crippen LogP contribution is 2.28. The fourth-order valence-electron chi connectivity index (χ4n) is 2.56. The molecule has 110 valence electrons. The van der Waals surface area contributed by atoms with Gasteiger partial charge >= 0.3 is 0 Å². The first-order valence-electron chi connectivity index (χ1n) is 6.95. The molecule has 0 atom stereocenters. The summed E-state index contributed by atoms with van der Waals surface area (Å²) < 4.78 is 2.93. The number of nitrogens with two attached hydrogens (primary N) is 1. The lowest BCUT2D eigenvalue weighted by molar-refractivity contribution is 0.630. The Balaban J connectivity index is 2.23. The number of benzene rings is 1. The fourth-order valence-corrected chi connectivity index (χ4v) is 3.03. The predicted octanol–water partition coefficient (Wildman–Crippen LogP) is 3.60. The number of nitrogens with one attached hydrogen (secondary N) is 1. The van der Waals surface area contributed by atoms with Crippen LogP contribution in [0.25, 0.3) is 16.7 Å². The van der Waals surface area contributed by atoms with Crippen molar-refractivity contribution in [3.05, 3.63) is 33.9 Å². The van der Waals surface area contributed by atoms with Crippen LogP contribution in [-0.4, -0.2) is 20.0 Å². The Labute approximate surface area is 131 Å². The molecule has 0 saturated heterocycles. The fraction of sp³-hybridized carbons (Fsp3) is 0.333. The number of rotatable bonds is 3. The van der Waals surface area contributed by atoms with Gasteiger partial charge in [-0.05, 0) is 43.0 Å². The van der Waals surface area contributed by atoms with E-state index in [1.54, 1.807) is 0 Å². The van der Waals surface area contributed by atoms with Crippen molar-refractivity contribution < 1.29 is 0 Å². The first-order chi connectivity index (χ1) is 9.97. The Morgan fingerprint density at radius 3 is 2.81 bits per heavy atom. The summed E-state index contributed by atoms with van der Waals surface area (Å²) in [5.41, 5.74) is 9.96. The smallest absolute Gasteiger partial charge is 0.186 e. The highest BCUT2D eigenvalue weighted by molar-refractivity contribution is 9.10. The van der Waals surface area contributed by atoms with Gasteiger partial charge in [0.2, 0.25) is 0 Å². The highest BCUT2D eigenvalue weighted by atomic mass is 79.9. The van der Waals surface area contributed by atoms with E-state index < -0.39 is 0 Å². The van der Waals surface area contributed by atoms with Crippen molar-refractivity contribution in [3.63, 3.8) is 0 Å². The number of aromatic amines is 1. The average Bonchev–Trinajstić information content (AvgIpc) is 2.92. The van der Waals surface area contributed by atoms with Crippen LogP contribution in [0.5, 0.6) is 0 Å². The zero-order valence-corrected chi connectivity index (χ0v) is 13.9. The van der Waals surface area contributed by atoms with Crippen LogP contribution in [0.1, 0.15) is 25.1 Å². The molecule has 0 radical (unpaired) electrons. The summed E-state index contributed by atoms with van der Waals surface area (Å²) in [4.78, 5) is 0. The lowest BCUT2D eigenvalue weighted by Crippen LogP contribution is -2.02. The van der Waals surface area contributed by atoms with Crippen molar-refractivity contribution in [2.45, 2.75) is 27.2 Å². The molecule has 0 aliphatic rings. The summed E-state index contributed by atoms with van der Waals surface area (Å²) in [6, 6.07) is 6.12. The van der Waals surface area contributed by atoms with Crippen LogP contribution in [-0.2, 0) is 6.42 Å². The number of aromatic nitrogens is 4. The second kappa shape index (κ2) is 5.18. The maximum Gasteiger partial charge on any atom is 0.186 e. The van der Waals surface area contributed by atoms with E-state index in [-0.39, 0.29) is 0 Å². The third-order valence-electron chi connectivity index (χ3n) is 3.47. The number of halogens is 1. The van der Waals surface area contributed by atoms with Gasteiger partial charge in [0.15, 0.2) is 5.65 Å². The Morgan fingerprint density at radius 2 is 2.14 bits per heavy atom. The van der Waals surface area contributed by atoms with Gasteiger partial charge in [0.05, 0.1) is 16.8 Å². The van der Waals surface area contributed by atoms with Gasteiger partial charge in [-0.2, -0.15) is 10.2 Å². The summed E-state index contributed by atoms with van der Waals surface area (Å²) >= 11 is 3.49. The summed E-state index contributed by atoms with van der Waals surface area (Å²) in [7, 11) is 0. The Bertz CT molecular complexity index is 800. The molecule has 0 unspecified atom stereocenters. The van der Waals surface area contributed by atoms with Gasteiger partial charge in [0.1, 0.15) is 5.82 Å². The lowest BCUT2D eigenvalue weighted by atomic mass is 10.1. The van der Waals surface area contributed by atoms with Crippen LogP contribution >= 0.6 is 15.9 Å². The monoisotopic (exact) mass is 347 g/mol. The van der Waals surface area contributed by atoms with E-state index in [0.717, 1.165) is 38.9 Å². The number of nitrogens with zero attached hydrogens (tertiary/aromatic N) is 3. The topological polar surface area (TPSA) is 72.5 Å². The van der Waals surface area contributed by atoms with Gasteiger partial charge in [0.25, 0.3) is 0 Å². The van der Waals surface area contributed by atoms with Gasteiger partial charge in [-0.25, -0.2) is 4.68 Å². The molecule has 0 fully saturated rings. The molecule has 0 amide bonds. The van der Waals surface area contributed by atoms with Gasteiger partial charge in [0, 0.05) is 4.47 Å². The molecule has 0 aliphatic heterocycles. The molecule has 0 aliphatic carbocycles. The summed E-state index contributed by atoms with van der Waals surface area (Å²) in [6.07, 6.45) is 0.878. The quantitative estimate of drug-likeness (QED) is 0.760. The first kappa shape index (κ1) is 14.1. The number of anilines is 1. The van der Waals surface area contributed by atoms with Crippen LogP contribution in [0.15, 0.2) is 22.7 Å². The molecule has 3 aromatic rings. The molecular formula is C15H18BrN5. The standard InChI is InChI=1S/C15H18BrN5/c1-8(2)6-11-13-14(17)18-19-15(13)21(20-11)12-5-4-10(16)7-9(12)3/h4-5,7-8H,6H2,1-3H3,(H3,17,18,19). The zero-order chi connectivity index (χ0) is 15.1. The molecule has 0 bridgehead atoms. The van der Waals surface area contributed by atoms with Crippen LogP contribution in [0.2, 0.25) is 0 Å². The molecule has 1 aromatic carbocycles. The van der Waals surface area contributed by atoms with Gasteiger partial charge < -0.3 is 5.73 Å². The summed E-state index contributed by atoms with van der Waals surface area (Å²) in [6.45, 7) is 6.41. The molecule has 5 nitrogen and oxygen atoms in total. The molecule has 21 heavy (non-hydrogen) atoms. The minimum atomic E-state index is 0.511. The van der Waals surface area contributed by atoms with E-state index in [9.17, 15) is 0 Å². The summed E-state index contributed by atoms with van der Waals surface area (Å²) in [5, 5.41) is 12.9. The summed E-state index contributed by atoms with van der Waals surface area (Å²) in [5.74, 6) is 1.10. The van der Waals surface area contributed by atoms with Crippen molar-refractivity contribution >= 4 is 32.8 Å². The van der Waals surface area contributed by atoms with Crippen LogP contribution < -0.4 is 5.73 Å². The molecule has 3 N–H and O–H groups in total. The van der Waals surface area contributed by atoms with Gasteiger partial charge in [-0.15, -0.1) is 0 Å². The first-order valence-corrected chi connectivity index (χ1v) is 7.74. The normalized spacial score (nSPS) is 11.7. The highest BCUT2D eigenvalue weighted by Gasteiger charge is 2.19. The molecule has 3 rings (SSSR count). The van der Waals surface area contributed by atoms with Crippen LogP contribution in [0, 0.1) is 12.8 Å². The Hall–Kier alpha value is -1.82. The van der Waals surface area contributed by atoms with Gasteiger partial charge in [-0.3, -0.25) is 5.10 Å². The maximum absolute atomic E-state index is 6.03. The predicted molar refractivity (Wildman–Crippen MR) is 88.6 cm³/mol. The van der Waals surface area contributed by atoms with Crippen molar-refractivity contribution in [1.82, 2.24) is 20.0 Å². The van der Waals surface area contributed by atoms with E-state index in [2.05, 4.69) is 53.0 Å². The van der Waals surface area contributed by atoms with Crippen LogP contribution in [0.3, 0.4) is 0 Å². The third-order valence-corrected chi connectivity index (χ3v) is 3.97. The van der Waals surface area contributed by atoms with Crippen LogP contribution in [0.4, 0.5) is 5.82 Å². The lowest BCUT2D eigenvalue weighted by Gasteiger charge is -2.06. The average molecular weight is 348 g/mol. The minimum absolute atomic E-state index is 0.511. The Morgan fingerprint density at radius 1 is 1.38 bits per heavy atom. The van der Waals surface area contributed by atoms with Gasteiger partial charge in [-0.1, -0.05) is 29.8 Å². The Kier molecular flexibility index (Phi) is 3.49. The second-order valence-electron chi connectivity index (χ2n) is 5.72. The number of fused-ring (bicyclic) bond motifs is 1. The molecule has 2 heterocycles. The number of H-pyrrole nitrogens is 1. The number of aryl methyl sites for hydroxylation is 1. The van der Waals surface area contributed by atoms with E-state index in [4.69, 9.17) is 10.8 Å². The SMILES string of the molecule is Cc1cc(Br)ccc1-n1nc(CC(C)C)c2c(N)[nH]nc21. The molecule has 2 aromatic heterocycles. The largest absolute Gasteiger partial charge is 0.383 e. The number of hydrogen-bond acceptors (Lipinski definition) is 3. The second-order valence-corrected chi connectivity index (χ2v) is 6.64. The molecule has 0 spiro atoms. The van der Waals surface area contributed by atoms with E-state index >= 15 is 0 Å².